The molecule has 0 fully saturated rings. The van der Waals surface area contributed by atoms with Crippen LogP contribution in [-0.4, -0.2) is 24.3 Å². The summed E-state index contributed by atoms with van der Waals surface area (Å²) in [7, 11) is 0. The Morgan fingerprint density at radius 3 is 2.04 bits per heavy atom. The Morgan fingerprint density at radius 2 is 1.50 bits per heavy atom. The molecule has 0 aromatic heterocycles. The van der Waals surface area contributed by atoms with Crippen LogP contribution in [0.3, 0.4) is 0 Å². The summed E-state index contributed by atoms with van der Waals surface area (Å²) in [6.45, 7) is 2.53. The molecule has 0 aliphatic rings. The van der Waals surface area contributed by atoms with Gasteiger partial charge >= 0.3 is 0 Å². The van der Waals surface area contributed by atoms with Crippen molar-refractivity contribution in [2.45, 2.75) is 13.8 Å². The Labute approximate surface area is 161 Å². The monoisotopic (exact) mass is 393 g/mol. The summed E-state index contributed by atoms with van der Waals surface area (Å²) in [4.78, 5) is 36.5. The molecule has 26 heavy (non-hydrogen) atoms. The highest BCUT2D eigenvalue weighted by molar-refractivity contribution is 6.44. The van der Waals surface area contributed by atoms with E-state index in [9.17, 15) is 14.4 Å². The molecule has 0 aliphatic carbocycles. The first-order valence-corrected chi connectivity index (χ1v) is 8.43. The number of hydrogen-bond acceptors (Lipinski definition) is 3. The number of hydrogen-bond donors (Lipinski definition) is 2. The van der Waals surface area contributed by atoms with Crippen molar-refractivity contribution in [2.24, 2.45) is 0 Å². The van der Waals surface area contributed by atoms with Crippen molar-refractivity contribution in [3.63, 3.8) is 0 Å². The van der Waals surface area contributed by atoms with Crippen LogP contribution in [0.25, 0.3) is 0 Å². The molecular weight excluding hydrogens is 377 g/mol. The van der Waals surface area contributed by atoms with Crippen LogP contribution in [0.2, 0.25) is 10.0 Å². The molecule has 2 aromatic carbocycles. The van der Waals surface area contributed by atoms with Gasteiger partial charge in [-0.2, -0.15) is 0 Å². The van der Waals surface area contributed by atoms with Crippen LogP contribution in [0.5, 0.6) is 0 Å². The van der Waals surface area contributed by atoms with E-state index in [2.05, 4.69) is 10.6 Å². The summed E-state index contributed by atoms with van der Waals surface area (Å²) in [6.07, 6.45) is 0. The first kappa shape index (κ1) is 19.8. The summed E-state index contributed by atoms with van der Waals surface area (Å²) in [6, 6.07) is 11.5. The van der Waals surface area contributed by atoms with E-state index in [0.29, 0.717) is 22.1 Å². The van der Waals surface area contributed by atoms with Crippen molar-refractivity contribution in [3.05, 3.63) is 52.5 Å². The van der Waals surface area contributed by atoms with Crippen molar-refractivity contribution in [3.8, 4) is 0 Å². The standard InChI is InChI=1S/C18H17Cl2N3O3/c1-11(24)21-13-6-8-14(9-7-13)22-17(26)10-23(12(2)25)16-5-3-4-15(19)18(16)20/h3-9H,10H2,1-2H3,(H,21,24)(H,22,26). The molecule has 0 saturated carbocycles. The summed E-state index contributed by atoms with van der Waals surface area (Å²) >= 11 is 12.1. The largest absolute Gasteiger partial charge is 0.326 e. The quantitative estimate of drug-likeness (QED) is 0.806. The Balaban J connectivity index is 2.10. The van der Waals surface area contributed by atoms with E-state index in [1.165, 1.54) is 18.7 Å². The second kappa shape index (κ2) is 8.69. The highest BCUT2D eigenvalue weighted by Gasteiger charge is 2.19. The normalized spacial score (nSPS) is 10.2. The molecule has 8 heteroatoms. The number of nitrogens with one attached hydrogen (secondary N) is 2. The van der Waals surface area contributed by atoms with Crippen LogP contribution < -0.4 is 15.5 Å². The van der Waals surface area contributed by atoms with Crippen LogP contribution >= 0.6 is 23.2 Å². The van der Waals surface area contributed by atoms with Gasteiger partial charge in [-0.25, -0.2) is 0 Å². The minimum absolute atomic E-state index is 0.183. The zero-order valence-corrected chi connectivity index (χ0v) is 15.7. The van der Waals surface area contributed by atoms with E-state index in [0.717, 1.165) is 0 Å². The SMILES string of the molecule is CC(=O)Nc1ccc(NC(=O)CN(C(C)=O)c2cccc(Cl)c2Cl)cc1. The molecule has 0 radical (unpaired) electrons. The number of carbonyl (C=O) groups excluding carboxylic acids is 3. The van der Waals surface area contributed by atoms with Gasteiger partial charge in [0, 0.05) is 25.2 Å². The van der Waals surface area contributed by atoms with Gasteiger partial charge < -0.3 is 15.5 Å². The molecule has 2 N–H and O–H groups in total. The Bertz CT molecular complexity index is 838. The molecule has 0 heterocycles. The van der Waals surface area contributed by atoms with Gasteiger partial charge in [-0.1, -0.05) is 29.3 Å². The fourth-order valence-corrected chi connectivity index (χ4v) is 2.65. The topological polar surface area (TPSA) is 78.5 Å². The van der Waals surface area contributed by atoms with E-state index >= 15 is 0 Å². The predicted molar refractivity (Wildman–Crippen MR) is 104 cm³/mol. The van der Waals surface area contributed by atoms with Gasteiger partial charge in [0.05, 0.1) is 15.7 Å². The van der Waals surface area contributed by atoms with E-state index in [1.807, 2.05) is 0 Å². The van der Waals surface area contributed by atoms with Crippen LogP contribution in [0.1, 0.15) is 13.8 Å². The molecule has 0 atom stereocenters. The molecule has 0 bridgehead atoms. The van der Waals surface area contributed by atoms with E-state index < -0.39 is 5.91 Å². The van der Waals surface area contributed by atoms with Crippen LogP contribution in [-0.2, 0) is 14.4 Å². The van der Waals surface area contributed by atoms with Gasteiger partial charge in [0.25, 0.3) is 0 Å². The van der Waals surface area contributed by atoms with E-state index in [1.54, 1.807) is 42.5 Å². The average Bonchev–Trinajstić information content (AvgIpc) is 2.56. The Morgan fingerprint density at radius 1 is 0.923 bits per heavy atom. The summed E-state index contributed by atoms with van der Waals surface area (Å²) in [5.41, 5.74) is 1.51. The molecule has 136 valence electrons. The molecule has 2 rings (SSSR count). The first-order chi connectivity index (χ1) is 12.3. The lowest BCUT2D eigenvalue weighted by Gasteiger charge is -2.22. The third-order valence-electron chi connectivity index (χ3n) is 3.39. The van der Waals surface area contributed by atoms with Crippen molar-refractivity contribution in [1.29, 1.82) is 0 Å². The summed E-state index contributed by atoms with van der Waals surface area (Å²) in [5.74, 6) is -0.925. The van der Waals surface area contributed by atoms with Gasteiger partial charge in [0.15, 0.2) is 0 Å². The molecular formula is C18H17Cl2N3O3. The number of carbonyl (C=O) groups is 3. The third kappa shape index (κ3) is 5.21. The number of halogens is 2. The maximum absolute atomic E-state index is 12.3. The van der Waals surface area contributed by atoms with Gasteiger partial charge in [-0.05, 0) is 36.4 Å². The summed E-state index contributed by atoms with van der Waals surface area (Å²) < 4.78 is 0. The van der Waals surface area contributed by atoms with Crippen LogP contribution in [0.4, 0.5) is 17.1 Å². The second-order valence-electron chi connectivity index (χ2n) is 5.48. The first-order valence-electron chi connectivity index (χ1n) is 7.67. The van der Waals surface area contributed by atoms with Gasteiger partial charge in [-0.3, -0.25) is 14.4 Å². The van der Waals surface area contributed by atoms with Crippen molar-refractivity contribution >= 4 is 58.0 Å². The molecule has 0 aliphatic heterocycles. The fourth-order valence-electron chi connectivity index (χ4n) is 2.25. The molecule has 0 spiro atoms. The van der Waals surface area contributed by atoms with Gasteiger partial charge in [0.1, 0.15) is 6.54 Å². The minimum atomic E-state index is -0.400. The lowest BCUT2D eigenvalue weighted by Crippen LogP contribution is -2.36. The third-order valence-corrected chi connectivity index (χ3v) is 4.20. The van der Waals surface area contributed by atoms with E-state index in [-0.39, 0.29) is 23.4 Å². The zero-order valence-electron chi connectivity index (χ0n) is 14.2. The average molecular weight is 394 g/mol. The Kier molecular flexibility index (Phi) is 6.60. The minimum Gasteiger partial charge on any atom is -0.326 e. The molecule has 2 aromatic rings. The fraction of sp³-hybridized carbons (Fsp3) is 0.167. The predicted octanol–water partition coefficient (Wildman–Crippen LogP) is 3.94. The van der Waals surface area contributed by atoms with Gasteiger partial charge in [-0.15, -0.1) is 0 Å². The maximum atomic E-state index is 12.3. The van der Waals surface area contributed by atoms with E-state index in [4.69, 9.17) is 23.2 Å². The Hall–Kier alpha value is -2.57. The van der Waals surface area contributed by atoms with Gasteiger partial charge in [0.2, 0.25) is 17.7 Å². The number of anilines is 3. The number of rotatable bonds is 5. The highest BCUT2D eigenvalue weighted by atomic mass is 35.5. The molecule has 3 amide bonds. The zero-order chi connectivity index (χ0) is 19.3. The van der Waals surface area contributed by atoms with Crippen LogP contribution in [0.15, 0.2) is 42.5 Å². The number of amides is 3. The molecule has 0 saturated heterocycles. The molecule has 0 unspecified atom stereocenters. The second-order valence-corrected chi connectivity index (χ2v) is 6.27. The van der Waals surface area contributed by atoms with Crippen molar-refractivity contribution in [1.82, 2.24) is 0 Å². The summed E-state index contributed by atoms with van der Waals surface area (Å²) in [5, 5.41) is 5.82. The lowest BCUT2D eigenvalue weighted by atomic mass is 10.2. The highest BCUT2D eigenvalue weighted by Crippen LogP contribution is 2.32. The van der Waals surface area contributed by atoms with Crippen molar-refractivity contribution < 1.29 is 14.4 Å². The lowest BCUT2D eigenvalue weighted by molar-refractivity contribution is -0.120. The van der Waals surface area contributed by atoms with Crippen molar-refractivity contribution in [2.75, 3.05) is 22.1 Å². The smallest absolute Gasteiger partial charge is 0.244 e. The van der Waals surface area contributed by atoms with Crippen LogP contribution in [0, 0.1) is 0 Å². The number of benzene rings is 2. The maximum Gasteiger partial charge on any atom is 0.244 e. The number of nitrogens with zero attached hydrogens (tertiary/aromatic N) is 1. The molecule has 6 nitrogen and oxygen atoms in total.